The normalized spacial score (nSPS) is 28.7. The van der Waals surface area contributed by atoms with E-state index in [9.17, 15) is 13.5 Å². The summed E-state index contributed by atoms with van der Waals surface area (Å²) in [7, 11) is -3.78. The first kappa shape index (κ1) is 25.0. The molecule has 192 valence electrons. The maximum Gasteiger partial charge on any atom is 0.221 e. The second-order valence-corrected chi connectivity index (χ2v) is 12.1. The Hall–Kier alpha value is -2.69. The standard InChI is InChI=1S/C26H30F2N4O3S/c1-18-7-8-25(19-5-3-2-4-6-19)36(34,35)32(18)15-20-13-24(28)22(14-23(20)27)26(33)11-9-21(10-12-26)31-16-29-30-17-31/h2-6,13-14,16-18,21,25,33H,7-12,15H2,1H3/t18-,21-,25-,26+/m0/s1. The largest absolute Gasteiger partial charge is 0.385 e. The van der Waals surface area contributed by atoms with Crippen LogP contribution in [0.15, 0.2) is 55.1 Å². The molecule has 1 aliphatic heterocycles. The number of benzene rings is 2. The number of hydrogen-bond donors (Lipinski definition) is 1. The van der Waals surface area contributed by atoms with Gasteiger partial charge in [0.25, 0.3) is 0 Å². The van der Waals surface area contributed by atoms with Crippen LogP contribution in [0.2, 0.25) is 0 Å². The van der Waals surface area contributed by atoms with Crippen molar-refractivity contribution >= 4 is 10.0 Å². The van der Waals surface area contributed by atoms with Crippen molar-refractivity contribution in [3.63, 3.8) is 0 Å². The second kappa shape index (κ2) is 9.64. The fourth-order valence-electron chi connectivity index (χ4n) is 5.63. The van der Waals surface area contributed by atoms with E-state index in [1.165, 1.54) is 4.31 Å². The highest BCUT2D eigenvalue weighted by atomic mass is 32.2. The van der Waals surface area contributed by atoms with Gasteiger partial charge in [0.05, 0.1) is 5.60 Å². The molecule has 10 heteroatoms. The zero-order chi connectivity index (χ0) is 25.5. The summed E-state index contributed by atoms with van der Waals surface area (Å²) in [6.45, 7) is 1.53. The molecule has 5 rings (SSSR count). The van der Waals surface area contributed by atoms with E-state index in [0.717, 1.165) is 12.1 Å². The van der Waals surface area contributed by atoms with Crippen LogP contribution in [0.5, 0.6) is 0 Å². The second-order valence-electron chi connectivity index (χ2n) is 10.0. The summed E-state index contributed by atoms with van der Waals surface area (Å²) >= 11 is 0. The Labute approximate surface area is 209 Å². The molecule has 0 spiro atoms. The summed E-state index contributed by atoms with van der Waals surface area (Å²) in [6, 6.07) is 10.8. The summed E-state index contributed by atoms with van der Waals surface area (Å²) in [5.41, 5.74) is -0.915. The van der Waals surface area contributed by atoms with E-state index in [1.54, 1.807) is 43.8 Å². The molecule has 0 amide bonds. The van der Waals surface area contributed by atoms with Crippen LogP contribution < -0.4 is 0 Å². The maximum atomic E-state index is 15.3. The molecule has 3 aromatic rings. The third-order valence-corrected chi connectivity index (χ3v) is 10.2. The third kappa shape index (κ3) is 4.57. The lowest BCUT2D eigenvalue weighted by atomic mass is 9.77. The molecule has 2 aliphatic rings. The molecule has 1 saturated carbocycles. The highest BCUT2D eigenvalue weighted by Crippen LogP contribution is 2.43. The van der Waals surface area contributed by atoms with Crippen LogP contribution in [0.25, 0.3) is 0 Å². The monoisotopic (exact) mass is 516 g/mol. The molecule has 2 aromatic carbocycles. The number of aliphatic hydroxyl groups is 1. The Morgan fingerprint density at radius 1 is 1.00 bits per heavy atom. The fourth-order valence-corrected chi connectivity index (χ4v) is 7.82. The summed E-state index contributed by atoms with van der Waals surface area (Å²) < 4.78 is 60.7. The van der Waals surface area contributed by atoms with Crippen molar-refractivity contribution in [1.29, 1.82) is 0 Å². The van der Waals surface area contributed by atoms with Crippen LogP contribution in [-0.4, -0.2) is 38.6 Å². The molecule has 1 aromatic heterocycles. The number of sulfonamides is 1. The zero-order valence-corrected chi connectivity index (χ0v) is 20.9. The lowest BCUT2D eigenvalue weighted by Gasteiger charge is -2.38. The average molecular weight is 517 g/mol. The molecule has 1 aliphatic carbocycles. The van der Waals surface area contributed by atoms with Crippen molar-refractivity contribution < 1.29 is 22.3 Å². The van der Waals surface area contributed by atoms with Crippen LogP contribution >= 0.6 is 0 Å². The van der Waals surface area contributed by atoms with Crippen molar-refractivity contribution in [3.05, 3.63) is 83.4 Å². The van der Waals surface area contributed by atoms with Gasteiger partial charge in [0, 0.05) is 29.8 Å². The predicted molar refractivity (Wildman–Crippen MR) is 130 cm³/mol. The molecular weight excluding hydrogens is 486 g/mol. The Morgan fingerprint density at radius 3 is 2.33 bits per heavy atom. The summed E-state index contributed by atoms with van der Waals surface area (Å²) in [5, 5.41) is 18.1. The first-order chi connectivity index (χ1) is 17.2. The molecule has 2 fully saturated rings. The average Bonchev–Trinajstić information content (AvgIpc) is 3.39. The fraction of sp³-hybridized carbons (Fsp3) is 0.462. The zero-order valence-electron chi connectivity index (χ0n) is 20.1. The van der Waals surface area contributed by atoms with E-state index in [2.05, 4.69) is 10.2 Å². The molecular formula is C26H30F2N4O3S. The SMILES string of the molecule is C[C@H]1CC[C@@H](c2ccccc2)S(=O)(=O)N1Cc1cc(F)c([C@]2(O)CC[C@@H](n3cnnc3)CC2)cc1F. The van der Waals surface area contributed by atoms with Gasteiger partial charge in [0.15, 0.2) is 0 Å². The minimum absolute atomic E-state index is 0.0397. The van der Waals surface area contributed by atoms with Crippen LogP contribution in [0.4, 0.5) is 8.78 Å². The summed E-state index contributed by atoms with van der Waals surface area (Å²) in [4.78, 5) is 0. The van der Waals surface area contributed by atoms with Gasteiger partial charge < -0.3 is 9.67 Å². The number of rotatable bonds is 5. The molecule has 0 bridgehead atoms. The summed E-state index contributed by atoms with van der Waals surface area (Å²) in [5.74, 6) is -1.44. The Bertz CT molecular complexity index is 1310. The minimum Gasteiger partial charge on any atom is -0.385 e. The number of nitrogens with zero attached hydrogens (tertiary/aromatic N) is 4. The van der Waals surface area contributed by atoms with Crippen molar-refractivity contribution in [3.8, 4) is 0 Å². The van der Waals surface area contributed by atoms with Crippen molar-refractivity contribution in [2.45, 2.75) is 74.9 Å². The highest BCUT2D eigenvalue weighted by molar-refractivity contribution is 7.89. The highest BCUT2D eigenvalue weighted by Gasteiger charge is 2.42. The third-order valence-electron chi connectivity index (χ3n) is 7.80. The first-order valence-electron chi connectivity index (χ1n) is 12.3. The molecule has 2 heterocycles. The van der Waals surface area contributed by atoms with Crippen LogP contribution in [0, 0.1) is 11.6 Å². The number of aromatic nitrogens is 3. The molecule has 7 nitrogen and oxygen atoms in total. The molecule has 36 heavy (non-hydrogen) atoms. The van der Waals surface area contributed by atoms with Gasteiger partial charge in [-0.25, -0.2) is 17.2 Å². The lowest BCUT2D eigenvalue weighted by molar-refractivity contribution is -0.0155. The van der Waals surface area contributed by atoms with Crippen molar-refractivity contribution in [1.82, 2.24) is 19.1 Å². The van der Waals surface area contributed by atoms with E-state index in [0.29, 0.717) is 31.2 Å². The first-order valence-corrected chi connectivity index (χ1v) is 13.8. The molecule has 0 radical (unpaired) electrons. The van der Waals surface area contributed by atoms with Crippen LogP contribution in [0.3, 0.4) is 0 Å². The van der Waals surface area contributed by atoms with Crippen molar-refractivity contribution in [2.24, 2.45) is 0 Å². The van der Waals surface area contributed by atoms with E-state index >= 15 is 8.78 Å². The number of halogens is 2. The van der Waals surface area contributed by atoms with Gasteiger partial charge in [0.1, 0.15) is 29.5 Å². The molecule has 1 saturated heterocycles. The van der Waals surface area contributed by atoms with Crippen LogP contribution in [0.1, 0.15) is 73.4 Å². The van der Waals surface area contributed by atoms with Gasteiger partial charge in [-0.1, -0.05) is 30.3 Å². The van der Waals surface area contributed by atoms with E-state index in [4.69, 9.17) is 0 Å². The number of hydrogen-bond acceptors (Lipinski definition) is 5. The lowest BCUT2D eigenvalue weighted by Crippen LogP contribution is -2.45. The molecule has 1 N–H and O–H groups in total. The molecule has 0 unspecified atom stereocenters. The van der Waals surface area contributed by atoms with E-state index < -0.39 is 32.5 Å². The Morgan fingerprint density at radius 2 is 1.67 bits per heavy atom. The van der Waals surface area contributed by atoms with Gasteiger partial charge in [0.2, 0.25) is 10.0 Å². The Balaban J connectivity index is 1.37. The van der Waals surface area contributed by atoms with E-state index in [1.807, 2.05) is 10.6 Å². The predicted octanol–water partition coefficient (Wildman–Crippen LogP) is 4.61. The molecule has 2 atom stereocenters. The van der Waals surface area contributed by atoms with Gasteiger partial charge in [-0.05, 0) is 63.1 Å². The maximum absolute atomic E-state index is 15.3. The minimum atomic E-state index is -3.78. The quantitative estimate of drug-likeness (QED) is 0.535. The van der Waals surface area contributed by atoms with E-state index in [-0.39, 0.29) is 42.6 Å². The topological polar surface area (TPSA) is 88.3 Å². The van der Waals surface area contributed by atoms with Gasteiger partial charge in [-0.2, -0.15) is 4.31 Å². The van der Waals surface area contributed by atoms with Crippen molar-refractivity contribution in [2.75, 3.05) is 0 Å². The Kier molecular flexibility index (Phi) is 6.69. The van der Waals surface area contributed by atoms with Gasteiger partial charge in [-0.15, -0.1) is 10.2 Å². The smallest absolute Gasteiger partial charge is 0.221 e. The van der Waals surface area contributed by atoms with Crippen LogP contribution in [-0.2, 0) is 22.2 Å². The van der Waals surface area contributed by atoms with Gasteiger partial charge in [-0.3, -0.25) is 0 Å². The summed E-state index contributed by atoms with van der Waals surface area (Å²) in [6.07, 6.45) is 5.99. The van der Waals surface area contributed by atoms with Gasteiger partial charge >= 0.3 is 0 Å².